The van der Waals surface area contributed by atoms with Crippen LogP contribution >= 0.6 is 0 Å². The van der Waals surface area contributed by atoms with Crippen LogP contribution in [0.3, 0.4) is 0 Å². The summed E-state index contributed by atoms with van der Waals surface area (Å²) in [6.07, 6.45) is 0. The van der Waals surface area contributed by atoms with E-state index in [0.29, 0.717) is 0 Å². The molecule has 0 saturated carbocycles. The summed E-state index contributed by atoms with van der Waals surface area (Å²) in [6.45, 7) is 14.5. The van der Waals surface area contributed by atoms with Gasteiger partial charge in [-0.15, -0.1) is 0 Å². The lowest BCUT2D eigenvalue weighted by molar-refractivity contribution is 0.299. The topological polar surface area (TPSA) is 3.24 Å². The predicted octanol–water partition coefficient (Wildman–Crippen LogP) is 13.0. The Kier molecular flexibility index (Phi) is 6.01. The lowest BCUT2D eigenvalue weighted by Gasteiger charge is -2.48. The van der Waals surface area contributed by atoms with Crippen molar-refractivity contribution in [2.45, 2.75) is 57.8 Å². The van der Waals surface area contributed by atoms with Crippen LogP contribution < -0.4 is 4.90 Å². The SMILES string of the molecule is CC1(C)c2cc(N(c3ccc4c(c3)C(C)(C)C(C)(C)c3ccccc3-4)c3ccc4ccccc4c3)ccc2-c2ccc3ccccc3c21. The smallest absolute Gasteiger partial charge is 0.0468 e. The summed E-state index contributed by atoms with van der Waals surface area (Å²) in [7, 11) is 0. The molecule has 48 heavy (non-hydrogen) atoms. The molecule has 0 spiro atoms. The van der Waals surface area contributed by atoms with Crippen molar-refractivity contribution in [3.8, 4) is 22.3 Å². The van der Waals surface area contributed by atoms with E-state index in [1.165, 1.54) is 83.1 Å². The highest BCUT2D eigenvalue weighted by Gasteiger charge is 2.46. The molecule has 0 atom stereocenters. The van der Waals surface area contributed by atoms with Crippen LogP contribution in [-0.4, -0.2) is 0 Å². The molecule has 0 saturated heterocycles. The Bertz CT molecular complexity index is 2440. The number of hydrogen-bond acceptors (Lipinski definition) is 1. The molecule has 9 rings (SSSR count). The van der Waals surface area contributed by atoms with Crippen LogP contribution in [0.2, 0.25) is 0 Å². The molecule has 1 nitrogen and oxygen atoms in total. The molecule has 1 heteroatoms. The number of benzene rings is 7. The Balaban J connectivity index is 1.27. The summed E-state index contributed by atoms with van der Waals surface area (Å²) in [5.41, 5.74) is 14.3. The zero-order valence-electron chi connectivity index (χ0n) is 28.7. The van der Waals surface area contributed by atoms with Gasteiger partial charge in [0.05, 0.1) is 0 Å². The van der Waals surface area contributed by atoms with Crippen LogP contribution in [-0.2, 0) is 16.2 Å². The highest BCUT2D eigenvalue weighted by atomic mass is 15.1. The van der Waals surface area contributed by atoms with E-state index in [9.17, 15) is 0 Å². The molecule has 0 amide bonds. The maximum Gasteiger partial charge on any atom is 0.0468 e. The quantitative estimate of drug-likeness (QED) is 0.190. The zero-order valence-corrected chi connectivity index (χ0v) is 28.7. The van der Waals surface area contributed by atoms with E-state index in [4.69, 9.17) is 0 Å². The standard InChI is InChI=1S/C47H41N/c1-45(2)42-28-34(23-26-39(42)40-24-20-31-14-9-10-16-36(31)44(40)45)48(33-21-19-30-13-7-8-15-32(30)27-33)35-22-25-38-37-17-11-12-18-41(37)46(3,4)47(5,6)43(38)29-35/h7-29H,1-6H3. The molecule has 7 aromatic rings. The summed E-state index contributed by atoms with van der Waals surface area (Å²) < 4.78 is 0. The Labute approximate surface area is 284 Å². The molecule has 0 unspecified atom stereocenters. The van der Waals surface area contributed by atoms with E-state index in [1.54, 1.807) is 0 Å². The minimum atomic E-state index is -0.137. The lowest BCUT2D eigenvalue weighted by Crippen LogP contribution is -2.43. The maximum atomic E-state index is 2.48. The molecule has 0 radical (unpaired) electrons. The first-order valence-electron chi connectivity index (χ1n) is 17.3. The van der Waals surface area contributed by atoms with Crippen molar-refractivity contribution in [3.63, 3.8) is 0 Å². The molecule has 0 aliphatic heterocycles. The van der Waals surface area contributed by atoms with Gasteiger partial charge in [-0.05, 0) is 113 Å². The van der Waals surface area contributed by atoms with Crippen molar-refractivity contribution in [2.75, 3.05) is 4.90 Å². The Morgan fingerprint density at radius 1 is 0.375 bits per heavy atom. The van der Waals surface area contributed by atoms with Crippen LogP contribution in [0.4, 0.5) is 17.1 Å². The first-order valence-corrected chi connectivity index (χ1v) is 17.3. The predicted molar refractivity (Wildman–Crippen MR) is 205 cm³/mol. The largest absolute Gasteiger partial charge is 0.310 e. The summed E-state index contributed by atoms with van der Waals surface area (Å²) in [5, 5.41) is 5.15. The third kappa shape index (κ3) is 3.91. The van der Waals surface area contributed by atoms with Crippen LogP contribution in [0.25, 0.3) is 43.8 Å². The van der Waals surface area contributed by atoms with E-state index < -0.39 is 0 Å². The van der Waals surface area contributed by atoms with Crippen molar-refractivity contribution < 1.29 is 0 Å². The van der Waals surface area contributed by atoms with Gasteiger partial charge in [-0.3, -0.25) is 0 Å². The fourth-order valence-corrected chi connectivity index (χ4v) is 8.85. The third-order valence-electron chi connectivity index (χ3n) is 12.2. The zero-order chi connectivity index (χ0) is 33.0. The number of rotatable bonds is 3. The second-order valence-electron chi connectivity index (χ2n) is 15.5. The van der Waals surface area contributed by atoms with Crippen LogP contribution in [0.5, 0.6) is 0 Å². The summed E-state index contributed by atoms with van der Waals surface area (Å²) in [4.78, 5) is 2.48. The van der Waals surface area contributed by atoms with Gasteiger partial charge < -0.3 is 4.90 Å². The Hall–Kier alpha value is -5.14. The molecule has 0 heterocycles. The average molecular weight is 620 g/mol. The fraction of sp³-hybridized carbons (Fsp3) is 0.191. The molecule has 2 aliphatic rings. The molecular formula is C47H41N. The second-order valence-corrected chi connectivity index (χ2v) is 15.5. The van der Waals surface area contributed by atoms with Crippen molar-refractivity contribution >= 4 is 38.6 Å². The van der Waals surface area contributed by atoms with Gasteiger partial charge in [-0.2, -0.15) is 0 Å². The number of fused-ring (bicyclic) bond motifs is 9. The van der Waals surface area contributed by atoms with E-state index >= 15 is 0 Å². The Morgan fingerprint density at radius 3 is 1.65 bits per heavy atom. The lowest BCUT2D eigenvalue weighted by atomic mass is 9.55. The van der Waals surface area contributed by atoms with E-state index in [1.807, 2.05) is 0 Å². The molecule has 7 aromatic carbocycles. The van der Waals surface area contributed by atoms with Gasteiger partial charge in [-0.25, -0.2) is 0 Å². The summed E-state index contributed by atoms with van der Waals surface area (Å²) in [6, 6.07) is 52.3. The van der Waals surface area contributed by atoms with Gasteiger partial charge >= 0.3 is 0 Å². The minimum Gasteiger partial charge on any atom is -0.310 e. The first-order chi connectivity index (χ1) is 23.1. The molecule has 0 bridgehead atoms. The number of nitrogens with zero attached hydrogens (tertiary/aromatic N) is 1. The molecule has 2 aliphatic carbocycles. The maximum absolute atomic E-state index is 2.48. The normalized spacial score (nSPS) is 16.2. The Morgan fingerprint density at radius 2 is 0.875 bits per heavy atom. The van der Waals surface area contributed by atoms with Crippen LogP contribution in [0.1, 0.15) is 63.8 Å². The fourth-order valence-electron chi connectivity index (χ4n) is 8.85. The third-order valence-corrected chi connectivity index (χ3v) is 12.2. The minimum absolute atomic E-state index is 0.0326. The number of hydrogen-bond donors (Lipinski definition) is 0. The molecule has 0 aromatic heterocycles. The van der Waals surface area contributed by atoms with Crippen LogP contribution in [0.15, 0.2) is 140 Å². The van der Waals surface area contributed by atoms with Gasteiger partial charge in [0.15, 0.2) is 0 Å². The van der Waals surface area contributed by atoms with Gasteiger partial charge in [0, 0.05) is 22.5 Å². The van der Waals surface area contributed by atoms with Crippen LogP contribution in [0, 0.1) is 0 Å². The monoisotopic (exact) mass is 619 g/mol. The van der Waals surface area contributed by atoms with Crippen molar-refractivity contribution in [3.05, 3.63) is 162 Å². The van der Waals surface area contributed by atoms with Gasteiger partial charge in [0.1, 0.15) is 0 Å². The van der Waals surface area contributed by atoms with Gasteiger partial charge in [0.2, 0.25) is 0 Å². The van der Waals surface area contributed by atoms with Gasteiger partial charge in [-0.1, -0.05) is 145 Å². The van der Waals surface area contributed by atoms with E-state index in [-0.39, 0.29) is 16.2 Å². The summed E-state index contributed by atoms with van der Waals surface area (Å²) >= 11 is 0. The summed E-state index contributed by atoms with van der Waals surface area (Å²) in [5.74, 6) is 0. The highest BCUT2D eigenvalue weighted by Crippen LogP contribution is 2.56. The molecule has 0 fully saturated rings. The van der Waals surface area contributed by atoms with E-state index in [0.717, 1.165) is 0 Å². The number of anilines is 3. The average Bonchev–Trinajstić information content (AvgIpc) is 3.33. The highest BCUT2D eigenvalue weighted by molar-refractivity contribution is 5.98. The van der Waals surface area contributed by atoms with Gasteiger partial charge in [0.25, 0.3) is 0 Å². The molecule has 0 N–H and O–H groups in total. The van der Waals surface area contributed by atoms with Crippen molar-refractivity contribution in [1.29, 1.82) is 0 Å². The van der Waals surface area contributed by atoms with Crippen molar-refractivity contribution in [2.24, 2.45) is 0 Å². The first kappa shape index (κ1) is 29.0. The second kappa shape index (κ2) is 9.94. The van der Waals surface area contributed by atoms with E-state index in [2.05, 4.69) is 186 Å². The molecule has 234 valence electrons. The van der Waals surface area contributed by atoms with Crippen molar-refractivity contribution in [1.82, 2.24) is 0 Å². The molecular weight excluding hydrogens is 579 g/mol.